The molecule has 1 saturated heterocycles. The van der Waals surface area contributed by atoms with Gasteiger partial charge in [0.25, 0.3) is 0 Å². The molecule has 5 saturated carbocycles. The molecule has 0 radical (unpaired) electrons. The topological polar surface area (TPSA) is 109 Å². The van der Waals surface area contributed by atoms with E-state index in [9.17, 15) is 14.4 Å². The molecule has 6 fully saturated rings. The third kappa shape index (κ3) is 2.38. The molecule has 6 aliphatic rings. The minimum absolute atomic E-state index is 0.0429. The van der Waals surface area contributed by atoms with Crippen molar-refractivity contribution in [1.29, 1.82) is 0 Å². The van der Waals surface area contributed by atoms with Crippen LogP contribution in [0.3, 0.4) is 0 Å². The number of esters is 2. The molecule has 0 aromatic rings. The highest BCUT2D eigenvalue weighted by Gasteiger charge is 2.92. The summed E-state index contributed by atoms with van der Waals surface area (Å²) in [6.45, 7) is 5.75. The van der Waals surface area contributed by atoms with Crippen molar-refractivity contribution in [2.24, 2.45) is 34.5 Å². The van der Waals surface area contributed by atoms with Crippen LogP contribution in [-0.2, 0) is 38.1 Å². The van der Waals surface area contributed by atoms with Crippen LogP contribution in [0.4, 0.5) is 0 Å². The zero-order valence-electron chi connectivity index (χ0n) is 21.4. The SMILES string of the molecule is CO[C@H]1C[C@@]2(OC)[C@H]3[C@@H](OC(C)=O)[C@@H]1C[C@H]3[C@@]13C(=O)CC[C@@]4(C)CN[C@@H]1[C@]2(OC)[C@H](OC(C)=O)[C@H]43. The first-order chi connectivity index (χ1) is 16.6. The standard InChI is InChI=1S/C26H37NO8/c1-12(28)34-19-14-9-15-18(19)24(32-5,10-16(14)31-4)26(33-6)21(35-13(2)29)20-23(3)8-7-17(30)25(15,20)22(26)27-11-23/h14-16,18-22,27H,7-11H2,1-6H3/t14-,15-,16+,18-,19+,20-,21-,22+,23+,24-,25+,26-/m1/s1. The summed E-state index contributed by atoms with van der Waals surface area (Å²) in [4.78, 5) is 39.2. The van der Waals surface area contributed by atoms with Crippen molar-refractivity contribution in [3.63, 3.8) is 0 Å². The summed E-state index contributed by atoms with van der Waals surface area (Å²) in [7, 11) is 4.96. The number of hydrogen-bond acceptors (Lipinski definition) is 9. The molecule has 0 unspecified atom stereocenters. The Hall–Kier alpha value is -1.55. The number of carbonyl (C=O) groups excluding carboxylic acids is 3. The van der Waals surface area contributed by atoms with Crippen molar-refractivity contribution in [2.75, 3.05) is 27.9 Å². The van der Waals surface area contributed by atoms with E-state index in [1.54, 1.807) is 21.3 Å². The fourth-order valence-corrected chi connectivity index (χ4v) is 10.5. The summed E-state index contributed by atoms with van der Waals surface area (Å²) in [5.74, 6) is -1.22. The van der Waals surface area contributed by atoms with Gasteiger partial charge in [-0.15, -0.1) is 0 Å². The molecule has 9 heteroatoms. The number of ether oxygens (including phenoxy) is 5. The molecular weight excluding hydrogens is 454 g/mol. The van der Waals surface area contributed by atoms with Gasteiger partial charge in [0.2, 0.25) is 0 Å². The number of Topliss-reactive ketones (excluding diaryl/α,β-unsaturated/α-hetero) is 1. The number of piperidine rings is 1. The maximum absolute atomic E-state index is 14.3. The van der Waals surface area contributed by atoms with Gasteiger partial charge in [-0.25, -0.2) is 0 Å². The summed E-state index contributed by atoms with van der Waals surface area (Å²) in [6, 6.07) is -0.385. The highest BCUT2D eigenvalue weighted by Crippen LogP contribution is 2.79. The Morgan fingerprint density at radius 1 is 1.06 bits per heavy atom. The molecule has 7 bridgehead atoms. The molecule has 0 aromatic carbocycles. The largest absolute Gasteiger partial charge is 0.462 e. The molecule has 5 aliphatic carbocycles. The first kappa shape index (κ1) is 23.8. The monoisotopic (exact) mass is 491 g/mol. The molecule has 194 valence electrons. The van der Waals surface area contributed by atoms with Crippen molar-refractivity contribution >= 4 is 17.7 Å². The van der Waals surface area contributed by atoms with E-state index in [1.165, 1.54) is 13.8 Å². The number of nitrogens with one attached hydrogen (secondary N) is 1. The molecule has 1 aliphatic heterocycles. The molecule has 1 spiro atoms. The molecule has 6 rings (SSSR count). The van der Waals surface area contributed by atoms with Gasteiger partial charge in [-0.2, -0.15) is 0 Å². The fraction of sp³-hybridized carbons (Fsp3) is 0.885. The van der Waals surface area contributed by atoms with Crippen LogP contribution in [-0.4, -0.2) is 81.2 Å². The predicted molar refractivity (Wildman–Crippen MR) is 121 cm³/mol. The van der Waals surface area contributed by atoms with Crippen molar-refractivity contribution < 1.29 is 38.1 Å². The lowest BCUT2D eigenvalue weighted by molar-refractivity contribution is -0.304. The molecular formula is C26H37NO8. The minimum Gasteiger partial charge on any atom is -0.462 e. The lowest BCUT2D eigenvalue weighted by Crippen LogP contribution is -2.82. The summed E-state index contributed by atoms with van der Waals surface area (Å²) < 4.78 is 31.3. The van der Waals surface area contributed by atoms with Crippen LogP contribution in [0.15, 0.2) is 0 Å². The van der Waals surface area contributed by atoms with Crippen LogP contribution < -0.4 is 5.32 Å². The van der Waals surface area contributed by atoms with E-state index in [4.69, 9.17) is 23.7 Å². The summed E-state index contributed by atoms with van der Waals surface area (Å²) in [6.07, 6.45) is 0.988. The normalized spacial score (nSPS) is 55.0. The third-order valence-corrected chi connectivity index (χ3v) is 11.1. The van der Waals surface area contributed by atoms with Gasteiger partial charge in [0.15, 0.2) is 5.60 Å². The molecule has 0 aromatic heterocycles. The van der Waals surface area contributed by atoms with Gasteiger partial charge in [-0.3, -0.25) is 14.4 Å². The highest BCUT2D eigenvalue weighted by atomic mass is 16.6. The van der Waals surface area contributed by atoms with Crippen LogP contribution in [0.2, 0.25) is 0 Å². The smallest absolute Gasteiger partial charge is 0.303 e. The number of ketones is 1. The zero-order chi connectivity index (χ0) is 25.1. The summed E-state index contributed by atoms with van der Waals surface area (Å²) in [5.41, 5.74) is -3.20. The van der Waals surface area contributed by atoms with E-state index in [0.717, 1.165) is 6.42 Å². The van der Waals surface area contributed by atoms with E-state index >= 15 is 0 Å². The Kier molecular flexibility index (Phi) is 4.95. The molecule has 9 nitrogen and oxygen atoms in total. The Balaban J connectivity index is 1.68. The molecule has 0 amide bonds. The van der Waals surface area contributed by atoms with Crippen molar-refractivity contribution in [3.05, 3.63) is 0 Å². The zero-order valence-corrected chi connectivity index (χ0v) is 21.4. The second-order valence-electron chi connectivity index (χ2n) is 12.0. The average molecular weight is 492 g/mol. The van der Waals surface area contributed by atoms with E-state index in [1.807, 2.05) is 0 Å². The lowest BCUT2D eigenvalue weighted by atomic mass is 9.44. The third-order valence-electron chi connectivity index (χ3n) is 11.1. The second kappa shape index (κ2) is 7.27. The van der Waals surface area contributed by atoms with Crippen molar-refractivity contribution in [3.8, 4) is 0 Å². The van der Waals surface area contributed by atoms with Crippen LogP contribution >= 0.6 is 0 Å². The molecule has 1 heterocycles. The maximum atomic E-state index is 14.3. The highest BCUT2D eigenvalue weighted by molar-refractivity contribution is 5.90. The van der Waals surface area contributed by atoms with Crippen molar-refractivity contribution in [2.45, 2.75) is 82.0 Å². The van der Waals surface area contributed by atoms with Gasteiger partial charge in [0.1, 0.15) is 23.6 Å². The minimum atomic E-state index is -1.15. The van der Waals surface area contributed by atoms with E-state index in [0.29, 0.717) is 25.8 Å². The Bertz CT molecular complexity index is 986. The van der Waals surface area contributed by atoms with Gasteiger partial charge in [-0.1, -0.05) is 6.92 Å². The number of carbonyl (C=O) groups is 3. The quantitative estimate of drug-likeness (QED) is 0.569. The van der Waals surface area contributed by atoms with Gasteiger partial charge in [0, 0.05) is 72.3 Å². The molecule has 35 heavy (non-hydrogen) atoms. The first-order valence-electron chi connectivity index (χ1n) is 12.8. The van der Waals surface area contributed by atoms with Crippen LogP contribution in [0, 0.1) is 34.5 Å². The van der Waals surface area contributed by atoms with Gasteiger partial charge in [0.05, 0.1) is 17.6 Å². The fourth-order valence-electron chi connectivity index (χ4n) is 10.5. The average Bonchev–Trinajstić information content (AvgIpc) is 3.18. The predicted octanol–water partition coefficient (Wildman–Crippen LogP) is 1.26. The second-order valence-corrected chi connectivity index (χ2v) is 12.0. The summed E-state index contributed by atoms with van der Waals surface area (Å²) in [5, 5.41) is 3.75. The van der Waals surface area contributed by atoms with E-state index in [-0.39, 0.29) is 53.0 Å². The maximum Gasteiger partial charge on any atom is 0.303 e. The number of methoxy groups -OCH3 is 3. The number of hydrogen-bond donors (Lipinski definition) is 1. The lowest BCUT2D eigenvalue weighted by Gasteiger charge is -2.66. The number of fused-ring (bicyclic) bond motifs is 2. The molecule has 1 N–H and O–H groups in total. The Morgan fingerprint density at radius 2 is 1.77 bits per heavy atom. The van der Waals surface area contributed by atoms with Crippen LogP contribution in [0.1, 0.15) is 46.5 Å². The van der Waals surface area contributed by atoms with Crippen LogP contribution in [0.25, 0.3) is 0 Å². The number of rotatable bonds is 5. The van der Waals surface area contributed by atoms with Crippen LogP contribution in [0.5, 0.6) is 0 Å². The van der Waals surface area contributed by atoms with Crippen molar-refractivity contribution in [1.82, 2.24) is 5.32 Å². The first-order valence-corrected chi connectivity index (χ1v) is 12.8. The van der Waals surface area contributed by atoms with Gasteiger partial charge < -0.3 is 29.0 Å². The Morgan fingerprint density at radius 3 is 2.37 bits per heavy atom. The van der Waals surface area contributed by atoms with E-state index in [2.05, 4.69) is 12.2 Å². The Labute approximate surface area is 205 Å². The van der Waals surface area contributed by atoms with Gasteiger partial charge >= 0.3 is 11.9 Å². The van der Waals surface area contributed by atoms with Gasteiger partial charge in [-0.05, 0) is 24.2 Å². The van der Waals surface area contributed by atoms with E-state index < -0.39 is 34.8 Å². The summed E-state index contributed by atoms with van der Waals surface area (Å²) >= 11 is 0. The molecule has 12 atom stereocenters.